The van der Waals surface area contributed by atoms with Crippen molar-refractivity contribution < 1.29 is 38.1 Å². The van der Waals surface area contributed by atoms with Gasteiger partial charge in [-0.25, -0.2) is 9.59 Å². The number of thiophene rings is 1. The first-order chi connectivity index (χ1) is 16.3. The monoisotopic (exact) mass is 491 g/mol. The van der Waals surface area contributed by atoms with Gasteiger partial charge in [0.05, 0.1) is 39.1 Å². The molecule has 1 aromatic carbocycles. The van der Waals surface area contributed by atoms with Crippen LogP contribution in [0.3, 0.4) is 0 Å². The number of methoxy groups -OCH3 is 3. The van der Waals surface area contributed by atoms with Gasteiger partial charge in [0.25, 0.3) is 5.91 Å². The molecule has 1 aliphatic carbocycles. The summed E-state index contributed by atoms with van der Waals surface area (Å²) < 4.78 is 26.4. The Morgan fingerprint density at radius 1 is 1.00 bits per heavy atom. The number of esters is 2. The molecule has 0 saturated heterocycles. The average Bonchev–Trinajstić information content (AvgIpc) is 3.20. The van der Waals surface area contributed by atoms with Crippen molar-refractivity contribution in [3.05, 3.63) is 33.7 Å². The number of benzene rings is 1. The Hall–Kier alpha value is -3.27. The lowest BCUT2D eigenvalue weighted by atomic mass is 9.95. The van der Waals surface area contributed by atoms with E-state index in [1.54, 1.807) is 6.92 Å². The van der Waals surface area contributed by atoms with Gasteiger partial charge in [0.2, 0.25) is 5.75 Å². The standard InChI is InChI=1S/C24H29NO8S/c1-6-32-24(28)19-15-9-7-8-10-18(15)34-22(19)25-21(26)13(2)33-23(27)14-11-16(29-3)20(31-5)17(12-14)30-4/h11-13H,6-10H2,1-5H3,(H,25,26). The largest absolute Gasteiger partial charge is 0.493 e. The molecule has 0 fully saturated rings. The molecule has 1 atom stereocenters. The fourth-order valence-electron chi connectivity index (χ4n) is 3.77. The lowest BCUT2D eigenvalue weighted by molar-refractivity contribution is -0.123. The molecule has 1 amide bonds. The molecule has 9 nitrogen and oxygen atoms in total. The highest BCUT2D eigenvalue weighted by atomic mass is 32.1. The van der Waals surface area contributed by atoms with E-state index in [1.165, 1.54) is 51.7 Å². The van der Waals surface area contributed by atoms with E-state index in [4.69, 9.17) is 23.7 Å². The maximum absolute atomic E-state index is 12.9. The fourth-order valence-corrected chi connectivity index (χ4v) is 5.05. The molecule has 0 saturated carbocycles. The van der Waals surface area contributed by atoms with Gasteiger partial charge in [-0.05, 0) is 57.2 Å². The van der Waals surface area contributed by atoms with Crippen LogP contribution in [0.15, 0.2) is 12.1 Å². The van der Waals surface area contributed by atoms with Crippen LogP contribution in [0.4, 0.5) is 5.00 Å². The quantitative estimate of drug-likeness (QED) is 0.524. The van der Waals surface area contributed by atoms with Crippen LogP contribution in [0.25, 0.3) is 0 Å². The van der Waals surface area contributed by atoms with Gasteiger partial charge >= 0.3 is 11.9 Å². The first kappa shape index (κ1) is 25.4. The third-order valence-corrected chi connectivity index (χ3v) is 6.65. The number of anilines is 1. The second kappa shape index (κ2) is 11.2. The van der Waals surface area contributed by atoms with E-state index < -0.39 is 23.9 Å². The van der Waals surface area contributed by atoms with Crippen molar-refractivity contribution in [2.75, 3.05) is 33.3 Å². The Labute approximate surface area is 202 Å². The molecule has 3 rings (SSSR count). The molecule has 0 aliphatic heterocycles. The zero-order valence-electron chi connectivity index (χ0n) is 19.9. The Balaban J connectivity index is 1.78. The van der Waals surface area contributed by atoms with Crippen molar-refractivity contribution >= 4 is 34.2 Å². The molecule has 1 aliphatic rings. The number of nitrogens with one attached hydrogen (secondary N) is 1. The molecule has 2 aromatic rings. The summed E-state index contributed by atoms with van der Waals surface area (Å²) in [6.07, 6.45) is 2.51. The smallest absolute Gasteiger partial charge is 0.341 e. The summed E-state index contributed by atoms with van der Waals surface area (Å²) in [5, 5.41) is 3.18. The van der Waals surface area contributed by atoms with Crippen molar-refractivity contribution in [3.63, 3.8) is 0 Å². The van der Waals surface area contributed by atoms with E-state index in [0.29, 0.717) is 16.3 Å². The third-order valence-electron chi connectivity index (χ3n) is 5.44. The summed E-state index contributed by atoms with van der Waals surface area (Å²) in [6, 6.07) is 2.89. The molecule has 1 aromatic heterocycles. The fraction of sp³-hybridized carbons (Fsp3) is 0.458. The van der Waals surface area contributed by atoms with Crippen LogP contribution in [0, 0.1) is 0 Å². The summed E-state index contributed by atoms with van der Waals surface area (Å²) in [4.78, 5) is 39.3. The lowest BCUT2D eigenvalue weighted by Gasteiger charge is -2.16. The highest BCUT2D eigenvalue weighted by Crippen LogP contribution is 2.40. The van der Waals surface area contributed by atoms with Crippen LogP contribution >= 0.6 is 11.3 Å². The highest BCUT2D eigenvalue weighted by Gasteiger charge is 2.29. The SMILES string of the molecule is CCOC(=O)c1c(NC(=O)C(C)OC(=O)c2cc(OC)c(OC)c(OC)c2)sc2c1CCCC2. The van der Waals surface area contributed by atoms with Crippen molar-refractivity contribution in [1.29, 1.82) is 0 Å². The van der Waals surface area contributed by atoms with E-state index in [0.717, 1.165) is 36.1 Å². The summed E-state index contributed by atoms with van der Waals surface area (Å²) in [5.74, 6) is -0.842. The van der Waals surface area contributed by atoms with Gasteiger partial charge < -0.3 is 29.0 Å². The number of carbonyl (C=O) groups excluding carboxylic acids is 3. The second-order valence-corrected chi connectivity index (χ2v) is 8.69. The van der Waals surface area contributed by atoms with E-state index in [2.05, 4.69) is 5.32 Å². The number of fused-ring (bicyclic) bond motifs is 1. The number of hydrogen-bond donors (Lipinski definition) is 1. The van der Waals surface area contributed by atoms with Gasteiger partial charge in [0.1, 0.15) is 5.00 Å². The summed E-state index contributed by atoms with van der Waals surface area (Å²) in [5.41, 5.74) is 1.47. The third kappa shape index (κ3) is 5.27. The van der Waals surface area contributed by atoms with Crippen LogP contribution in [-0.4, -0.2) is 51.9 Å². The molecular formula is C24H29NO8S. The number of amides is 1. The van der Waals surface area contributed by atoms with Crippen molar-refractivity contribution in [1.82, 2.24) is 0 Å². The van der Waals surface area contributed by atoms with Gasteiger partial charge in [0.15, 0.2) is 17.6 Å². The van der Waals surface area contributed by atoms with Gasteiger partial charge in [0, 0.05) is 4.88 Å². The predicted octanol–water partition coefficient (Wildman–Crippen LogP) is 4.01. The number of aryl methyl sites for hydroxylation is 1. The topological polar surface area (TPSA) is 109 Å². The van der Waals surface area contributed by atoms with Crippen molar-refractivity contribution in [2.45, 2.75) is 45.6 Å². The minimum Gasteiger partial charge on any atom is -0.493 e. The van der Waals surface area contributed by atoms with Gasteiger partial charge in [-0.1, -0.05) is 0 Å². The first-order valence-electron chi connectivity index (χ1n) is 11.0. The molecule has 1 unspecified atom stereocenters. The van der Waals surface area contributed by atoms with Crippen LogP contribution in [0.1, 0.15) is 57.8 Å². The number of hydrogen-bond acceptors (Lipinski definition) is 9. The maximum atomic E-state index is 12.9. The van der Waals surface area contributed by atoms with Crippen LogP contribution < -0.4 is 19.5 Å². The molecule has 0 bridgehead atoms. The summed E-state index contributed by atoms with van der Waals surface area (Å²) in [7, 11) is 4.33. The molecule has 1 heterocycles. The number of carbonyl (C=O) groups is 3. The molecule has 184 valence electrons. The minimum atomic E-state index is -1.12. The molecule has 0 radical (unpaired) electrons. The Morgan fingerprint density at radius 2 is 1.65 bits per heavy atom. The first-order valence-corrected chi connectivity index (χ1v) is 11.8. The van der Waals surface area contributed by atoms with E-state index in [9.17, 15) is 14.4 Å². The number of ether oxygens (including phenoxy) is 5. The zero-order chi connectivity index (χ0) is 24.8. The molecule has 1 N–H and O–H groups in total. The summed E-state index contributed by atoms with van der Waals surface area (Å²) in [6.45, 7) is 3.43. The normalized spacial score (nSPS) is 13.3. The van der Waals surface area contributed by atoms with Gasteiger partial charge in [-0.15, -0.1) is 11.3 Å². The molecule has 0 spiro atoms. The summed E-state index contributed by atoms with van der Waals surface area (Å²) >= 11 is 1.37. The predicted molar refractivity (Wildman–Crippen MR) is 127 cm³/mol. The molecule has 10 heteroatoms. The second-order valence-electron chi connectivity index (χ2n) is 7.59. The van der Waals surface area contributed by atoms with E-state index in [-0.39, 0.29) is 23.7 Å². The van der Waals surface area contributed by atoms with Crippen molar-refractivity contribution in [3.8, 4) is 17.2 Å². The van der Waals surface area contributed by atoms with Gasteiger partial charge in [-0.2, -0.15) is 0 Å². The van der Waals surface area contributed by atoms with E-state index >= 15 is 0 Å². The Kier molecular flexibility index (Phi) is 8.38. The molecule has 34 heavy (non-hydrogen) atoms. The highest BCUT2D eigenvalue weighted by molar-refractivity contribution is 7.17. The molecular weight excluding hydrogens is 462 g/mol. The van der Waals surface area contributed by atoms with Crippen LogP contribution in [0.5, 0.6) is 17.2 Å². The average molecular weight is 492 g/mol. The zero-order valence-corrected chi connectivity index (χ0v) is 20.8. The van der Waals surface area contributed by atoms with Crippen LogP contribution in [-0.2, 0) is 27.1 Å². The number of rotatable bonds is 9. The van der Waals surface area contributed by atoms with Crippen molar-refractivity contribution in [2.24, 2.45) is 0 Å². The lowest BCUT2D eigenvalue weighted by Crippen LogP contribution is -2.30. The Morgan fingerprint density at radius 3 is 2.24 bits per heavy atom. The Bertz CT molecular complexity index is 1050. The minimum absolute atomic E-state index is 0.132. The van der Waals surface area contributed by atoms with Crippen LogP contribution in [0.2, 0.25) is 0 Å². The van der Waals surface area contributed by atoms with E-state index in [1.807, 2.05) is 0 Å². The maximum Gasteiger partial charge on any atom is 0.341 e. The van der Waals surface area contributed by atoms with Gasteiger partial charge in [-0.3, -0.25) is 4.79 Å².